The van der Waals surface area contributed by atoms with E-state index in [1.165, 1.54) is 12.8 Å². The molecule has 17 heavy (non-hydrogen) atoms. The van der Waals surface area contributed by atoms with Gasteiger partial charge in [0.1, 0.15) is 0 Å². The summed E-state index contributed by atoms with van der Waals surface area (Å²) in [6.07, 6.45) is 2.71. The first-order valence-corrected chi connectivity index (χ1v) is 6.40. The van der Waals surface area contributed by atoms with E-state index in [-0.39, 0.29) is 6.10 Å². The Morgan fingerprint density at radius 3 is 2.94 bits per heavy atom. The molecule has 0 bridgehead atoms. The van der Waals surface area contributed by atoms with Crippen molar-refractivity contribution in [3.8, 4) is 0 Å². The molecule has 0 radical (unpaired) electrons. The first-order chi connectivity index (χ1) is 8.22. The number of morpholine rings is 1. The monoisotopic (exact) mass is 237 g/mol. The van der Waals surface area contributed by atoms with Crippen molar-refractivity contribution in [2.75, 3.05) is 13.2 Å². The van der Waals surface area contributed by atoms with Gasteiger partial charge < -0.3 is 9.26 Å². The molecule has 1 saturated carbocycles. The quantitative estimate of drug-likeness (QED) is 0.798. The Bertz CT molecular complexity index is 389. The number of aromatic nitrogens is 2. The molecule has 3 rings (SSSR count). The average Bonchev–Trinajstić information content (AvgIpc) is 3.05. The Balaban J connectivity index is 1.63. The lowest BCUT2D eigenvalue weighted by molar-refractivity contribution is -0.0555. The molecule has 2 aliphatic rings. The van der Waals surface area contributed by atoms with Gasteiger partial charge in [-0.1, -0.05) is 5.16 Å². The molecule has 0 amide bonds. The molecule has 1 saturated heterocycles. The highest BCUT2D eigenvalue weighted by Crippen LogP contribution is 2.38. The van der Waals surface area contributed by atoms with Crippen molar-refractivity contribution in [1.29, 1.82) is 0 Å². The maximum absolute atomic E-state index is 5.60. The lowest BCUT2D eigenvalue weighted by atomic mass is 10.2. The largest absolute Gasteiger partial charge is 0.376 e. The molecule has 1 aliphatic carbocycles. The van der Waals surface area contributed by atoms with E-state index in [1.807, 2.05) is 0 Å². The van der Waals surface area contributed by atoms with Crippen LogP contribution in [-0.2, 0) is 11.3 Å². The fourth-order valence-electron chi connectivity index (χ4n) is 2.21. The fraction of sp³-hybridized carbons (Fsp3) is 0.833. The van der Waals surface area contributed by atoms with Crippen LogP contribution in [0.2, 0.25) is 0 Å². The molecule has 0 N–H and O–H groups in total. The van der Waals surface area contributed by atoms with Gasteiger partial charge in [-0.25, -0.2) is 0 Å². The molecular weight excluding hydrogens is 218 g/mol. The molecule has 0 aromatic carbocycles. The first kappa shape index (κ1) is 11.2. The summed E-state index contributed by atoms with van der Waals surface area (Å²) in [6.45, 7) is 6.73. The van der Waals surface area contributed by atoms with E-state index in [4.69, 9.17) is 9.26 Å². The minimum Gasteiger partial charge on any atom is -0.376 e. The van der Waals surface area contributed by atoms with E-state index in [2.05, 4.69) is 28.9 Å². The van der Waals surface area contributed by atoms with Gasteiger partial charge >= 0.3 is 0 Å². The molecule has 5 nitrogen and oxygen atoms in total. The molecule has 0 unspecified atom stereocenters. The van der Waals surface area contributed by atoms with Gasteiger partial charge in [0, 0.05) is 18.5 Å². The van der Waals surface area contributed by atoms with Crippen LogP contribution >= 0.6 is 0 Å². The third kappa shape index (κ3) is 2.50. The van der Waals surface area contributed by atoms with Gasteiger partial charge in [-0.15, -0.1) is 0 Å². The number of rotatable bonds is 3. The highest BCUT2D eigenvalue weighted by atomic mass is 16.5. The maximum Gasteiger partial charge on any atom is 0.240 e. The summed E-state index contributed by atoms with van der Waals surface area (Å²) in [5, 5.41) is 4.04. The number of nitrogens with zero attached hydrogens (tertiary/aromatic N) is 3. The van der Waals surface area contributed by atoms with Crippen molar-refractivity contribution < 1.29 is 9.26 Å². The molecule has 94 valence electrons. The predicted molar refractivity (Wildman–Crippen MR) is 61.6 cm³/mol. The van der Waals surface area contributed by atoms with Crippen LogP contribution in [0.1, 0.15) is 44.3 Å². The van der Waals surface area contributed by atoms with Crippen molar-refractivity contribution in [2.45, 2.75) is 51.3 Å². The molecule has 1 aromatic rings. The van der Waals surface area contributed by atoms with E-state index in [0.717, 1.165) is 31.4 Å². The van der Waals surface area contributed by atoms with Gasteiger partial charge in [0.15, 0.2) is 5.82 Å². The minimum absolute atomic E-state index is 0.289. The van der Waals surface area contributed by atoms with Crippen molar-refractivity contribution >= 4 is 0 Å². The second kappa shape index (κ2) is 4.38. The number of ether oxygens (including phenoxy) is 1. The SMILES string of the molecule is C[C@@H]1CO[C@@H](C)CN1Cc1nc(C2CC2)no1. The van der Waals surface area contributed by atoms with Crippen LogP contribution in [0.4, 0.5) is 0 Å². The van der Waals surface area contributed by atoms with Crippen LogP contribution in [0, 0.1) is 0 Å². The van der Waals surface area contributed by atoms with Crippen molar-refractivity contribution in [3.05, 3.63) is 11.7 Å². The smallest absolute Gasteiger partial charge is 0.240 e. The van der Waals surface area contributed by atoms with Crippen molar-refractivity contribution in [1.82, 2.24) is 15.0 Å². The summed E-state index contributed by atoms with van der Waals surface area (Å²) in [5.74, 6) is 2.20. The number of hydrogen-bond acceptors (Lipinski definition) is 5. The van der Waals surface area contributed by atoms with Gasteiger partial charge in [0.25, 0.3) is 0 Å². The summed E-state index contributed by atoms with van der Waals surface area (Å²) in [7, 11) is 0. The Kier molecular flexibility index (Phi) is 2.88. The zero-order valence-corrected chi connectivity index (χ0v) is 10.4. The average molecular weight is 237 g/mol. The van der Waals surface area contributed by atoms with Gasteiger partial charge in [0.05, 0.1) is 19.3 Å². The fourth-order valence-corrected chi connectivity index (χ4v) is 2.21. The first-order valence-electron chi connectivity index (χ1n) is 6.40. The molecule has 1 aromatic heterocycles. The van der Waals surface area contributed by atoms with Crippen LogP contribution in [0.5, 0.6) is 0 Å². The molecule has 2 heterocycles. The van der Waals surface area contributed by atoms with Crippen LogP contribution in [0.15, 0.2) is 4.52 Å². The second-order valence-electron chi connectivity index (χ2n) is 5.24. The van der Waals surface area contributed by atoms with Crippen molar-refractivity contribution in [3.63, 3.8) is 0 Å². The molecule has 1 aliphatic heterocycles. The minimum atomic E-state index is 0.289. The van der Waals surface area contributed by atoms with Crippen LogP contribution in [0.25, 0.3) is 0 Å². The molecule has 0 spiro atoms. The Morgan fingerprint density at radius 1 is 1.35 bits per heavy atom. The zero-order valence-electron chi connectivity index (χ0n) is 10.4. The maximum atomic E-state index is 5.60. The van der Waals surface area contributed by atoms with Gasteiger partial charge in [-0.2, -0.15) is 4.98 Å². The summed E-state index contributed by atoms with van der Waals surface area (Å²) < 4.78 is 10.9. The standard InChI is InChI=1S/C12H19N3O2/c1-8-7-16-9(2)5-15(8)6-11-13-12(14-17-11)10-3-4-10/h8-10H,3-7H2,1-2H3/t8-,9+/m1/s1. The Labute approximate surface area is 101 Å². The molecule has 2 fully saturated rings. The highest BCUT2D eigenvalue weighted by molar-refractivity contribution is 5.03. The van der Waals surface area contributed by atoms with Gasteiger partial charge in [-0.05, 0) is 26.7 Å². The normalized spacial score (nSPS) is 30.7. The van der Waals surface area contributed by atoms with E-state index < -0.39 is 0 Å². The van der Waals surface area contributed by atoms with E-state index in [0.29, 0.717) is 12.0 Å². The van der Waals surface area contributed by atoms with E-state index in [1.54, 1.807) is 0 Å². The van der Waals surface area contributed by atoms with Crippen molar-refractivity contribution in [2.24, 2.45) is 0 Å². The van der Waals surface area contributed by atoms with Crippen LogP contribution < -0.4 is 0 Å². The van der Waals surface area contributed by atoms with Gasteiger partial charge in [0.2, 0.25) is 5.89 Å². The predicted octanol–water partition coefficient (Wildman–Crippen LogP) is 1.56. The Morgan fingerprint density at radius 2 is 2.18 bits per heavy atom. The van der Waals surface area contributed by atoms with E-state index >= 15 is 0 Å². The van der Waals surface area contributed by atoms with E-state index in [9.17, 15) is 0 Å². The summed E-state index contributed by atoms with van der Waals surface area (Å²) in [4.78, 5) is 6.81. The lowest BCUT2D eigenvalue weighted by Crippen LogP contribution is -2.46. The van der Waals surface area contributed by atoms with Crippen LogP contribution in [-0.4, -0.2) is 40.3 Å². The molecule has 2 atom stereocenters. The highest BCUT2D eigenvalue weighted by Gasteiger charge is 2.30. The second-order valence-corrected chi connectivity index (χ2v) is 5.24. The molecule has 5 heteroatoms. The molecular formula is C12H19N3O2. The topological polar surface area (TPSA) is 51.4 Å². The third-order valence-corrected chi connectivity index (χ3v) is 3.50. The zero-order chi connectivity index (χ0) is 11.8. The third-order valence-electron chi connectivity index (χ3n) is 3.50. The Hall–Kier alpha value is -0.940. The summed E-state index contributed by atoms with van der Waals surface area (Å²) >= 11 is 0. The van der Waals surface area contributed by atoms with Crippen LogP contribution in [0.3, 0.4) is 0 Å². The number of hydrogen-bond donors (Lipinski definition) is 0. The van der Waals surface area contributed by atoms with Gasteiger partial charge in [-0.3, -0.25) is 4.90 Å². The summed E-state index contributed by atoms with van der Waals surface area (Å²) in [5.41, 5.74) is 0. The summed E-state index contributed by atoms with van der Waals surface area (Å²) in [6, 6.07) is 0.419. The lowest BCUT2D eigenvalue weighted by Gasteiger charge is -2.35.